The number of urea groups is 1. The fraction of sp³-hybridized carbons (Fsp3) is 0.250. The summed E-state index contributed by atoms with van der Waals surface area (Å²) in [5.74, 6) is 0.410. The monoisotopic (exact) mass is 200 g/mol. The third-order valence-corrected chi connectivity index (χ3v) is 2.37. The maximum atomic E-state index is 10.9. The zero-order valence-corrected chi connectivity index (χ0v) is 8.77. The quantitative estimate of drug-likeness (QED) is 0.723. The molecule has 0 fully saturated rings. The third kappa shape index (κ3) is 1.86. The van der Waals surface area contributed by atoms with Crippen LogP contribution in [0.2, 0.25) is 0 Å². The van der Waals surface area contributed by atoms with Gasteiger partial charge in [-0.15, -0.1) is 0 Å². The molecule has 0 bridgehead atoms. The minimum absolute atomic E-state index is 0.410. The minimum atomic E-state index is -0.413. The molecular formula is C12H12N2O. The van der Waals surface area contributed by atoms with Crippen molar-refractivity contribution in [2.75, 3.05) is 0 Å². The van der Waals surface area contributed by atoms with Gasteiger partial charge in [0, 0.05) is 5.56 Å². The van der Waals surface area contributed by atoms with Crippen molar-refractivity contribution in [2.45, 2.75) is 19.8 Å². The molecule has 0 atom stereocenters. The molecule has 3 heteroatoms. The maximum Gasteiger partial charge on any atom is 0.367 e. The molecular weight excluding hydrogens is 188 g/mol. The normalized spacial score (nSPS) is 14.9. The molecule has 76 valence electrons. The number of hydrogen-bond donors (Lipinski definition) is 0. The molecule has 0 N–H and O–H groups in total. The Kier molecular flexibility index (Phi) is 2.46. The van der Waals surface area contributed by atoms with Crippen LogP contribution >= 0.6 is 0 Å². The highest BCUT2D eigenvalue weighted by Crippen LogP contribution is 2.20. The van der Waals surface area contributed by atoms with Crippen LogP contribution in [0, 0.1) is 0 Å². The van der Waals surface area contributed by atoms with E-state index in [1.165, 1.54) is 11.8 Å². The molecule has 0 aromatic heterocycles. The predicted molar refractivity (Wildman–Crippen MR) is 61.0 cm³/mol. The molecule has 0 radical (unpaired) electrons. The van der Waals surface area contributed by atoms with Crippen LogP contribution < -0.4 is 0 Å². The van der Waals surface area contributed by atoms with Crippen LogP contribution in [0.15, 0.2) is 34.3 Å². The van der Waals surface area contributed by atoms with Gasteiger partial charge in [-0.05, 0) is 11.5 Å². The first-order valence-electron chi connectivity index (χ1n) is 4.94. The molecule has 3 nitrogen and oxygen atoms in total. The molecule has 1 heterocycles. The molecule has 0 aliphatic carbocycles. The third-order valence-electron chi connectivity index (χ3n) is 2.37. The lowest BCUT2D eigenvalue weighted by atomic mass is 9.95. The Balaban J connectivity index is 2.49. The van der Waals surface area contributed by atoms with Crippen LogP contribution in [0.25, 0.3) is 0 Å². The molecule has 1 aromatic carbocycles. The highest BCUT2D eigenvalue weighted by atomic mass is 16.2. The van der Waals surface area contributed by atoms with E-state index in [0.29, 0.717) is 11.6 Å². The van der Waals surface area contributed by atoms with Crippen LogP contribution in [0.1, 0.15) is 30.9 Å². The summed E-state index contributed by atoms with van der Waals surface area (Å²) >= 11 is 0. The summed E-state index contributed by atoms with van der Waals surface area (Å²) in [4.78, 5) is 18.4. The van der Waals surface area contributed by atoms with Crippen molar-refractivity contribution in [3.63, 3.8) is 0 Å². The fourth-order valence-corrected chi connectivity index (χ4v) is 1.64. The van der Waals surface area contributed by atoms with Crippen molar-refractivity contribution in [3.05, 3.63) is 35.4 Å². The number of rotatable bonds is 2. The first-order chi connectivity index (χ1) is 7.18. The van der Waals surface area contributed by atoms with E-state index in [1.54, 1.807) is 0 Å². The number of amides is 2. The van der Waals surface area contributed by atoms with E-state index in [1.807, 2.05) is 18.2 Å². The van der Waals surface area contributed by atoms with Crippen LogP contribution in [0.3, 0.4) is 0 Å². The second-order valence-corrected chi connectivity index (χ2v) is 3.78. The maximum absolute atomic E-state index is 10.9. The Morgan fingerprint density at radius 3 is 2.53 bits per heavy atom. The van der Waals surface area contributed by atoms with Crippen LogP contribution in [-0.2, 0) is 0 Å². The second-order valence-electron chi connectivity index (χ2n) is 3.78. The first-order valence-corrected chi connectivity index (χ1v) is 4.94. The van der Waals surface area contributed by atoms with E-state index in [-0.39, 0.29) is 0 Å². The second kappa shape index (κ2) is 3.77. The van der Waals surface area contributed by atoms with Gasteiger partial charge in [-0.2, -0.15) is 9.98 Å². The summed E-state index contributed by atoms with van der Waals surface area (Å²) < 4.78 is 0. The number of hydrogen-bond acceptors (Lipinski definition) is 1. The summed E-state index contributed by atoms with van der Waals surface area (Å²) in [5.41, 5.74) is 2.86. The van der Waals surface area contributed by atoms with Crippen LogP contribution in [0.5, 0.6) is 0 Å². The molecule has 1 aliphatic rings. The number of carbonyl (C=O) groups excluding carboxylic acids is 1. The number of nitrogens with zero attached hydrogens (tertiary/aromatic N) is 2. The summed E-state index contributed by atoms with van der Waals surface area (Å²) in [6, 6.07) is 7.55. The molecule has 0 unspecified atom stereocenters. The smallest absolute Gasteiger partial charge is 0.244 e. The number of aliphatic imine (C=N–C) groups is 2. The molecule has 0 saturated carbocycles. The van der Waals surface area contributed by atoms with E-state index < -0.39 is 6.03 Å². The molecule has 1 aliphatic heterocycles. The zero-order valence-electron chi connectivity index (χ0n) is 8.77. The first kappa shape index (κ1) is 9.77. The fourth-order valence-electron chi connectivity index (χ4n) is 1.64. The van der Waals surface area contributed by atoms with E-state index >= 15 is 0 Å². The predicted octanol–water partition coefficient (Wildman–Crippen LogP) is 2.80. The SMILES string of the molecule is CC(C)c1ccccc1C1=NC(=O)N=C1. The van der Waals surface area contributed by atoms with Crippen molar-refractivity contribution in [1.82, 2.24) is 0 Å². The van der Waals surface area contributed by atoms with Crippen molar-refractivity contribution in [3.8, 4) is 0 Å². The molecule has 0 saturated heterocycles. The van der Waals surface area contributed by atoms with Gasteiger partial charge in [0.2, 0.25) is 0 Å². The minimum Gasteiger partial charge on any atom is -0.244 e. The van der Waals surface area contributed by atoms with E-state index in [0.717, 1.165) is 5.56 Å². The van der Waals surface area contributed by atoms with Gasteiger partial charge in [-0.1, -0.05) is 38.1 Å². The van der Waals surface area contributed by atoms with Gasteiger partial charge in [-0.3, -0.25) is 0 Å². The average molecular weight is 200 g/mol. The van der Waals surface area contributed by atoms with Gasteiger partial charge in [0.1, 0.15) is 0 Å². The topological polar surface area (TPSA) is 41.8 Å². The van der Waals surface area contributed by atoms with Gasteiger partial charge in [0.05, 0.1) is 11.9 Å². The van der Waals surface area contributed by atoms with Gasteiger partial charge < -0.3 is 0 Å². The largest absolute Gasteiger partial charge is 0.367 e. The summed E-state index contributed by atoms with van der Waals surface area (Å²) in [5, 5.41) is 0. The van der Waals surface area contributed by atoms with Crippen molar-refractivity contribution in [2.24, 2.45) is 9.98 Å². The Bertz CT molecular complexity index is 458. The van der Waals surface area contributed by atoms with Crippen molar-refractivity contribution < 1.29 is 4.79 Å². The average Bonchev–Trinajstić information content (AvgIpc) is 2.65. The molecule has 15 heavy (non-hydrogen) atoms. The van der Waals surface area contributed by atoms with Crippen molar-refractivity contribution >= 4 is 18.0 Å². The Morgan fingerprint density at radius 1 is 1.20 bits per heavy atom. The van der Waals surface area contributed by atoms with Crippen LogP contribution in [0.4, 0.5) is 4.79 Å². The van der Waals surface area contributed by atoms with E-state index in [2.05, 4.69) is 29.9 Å². The summed E-state index contributed by atoms with van der Waals surface area (Å²) in [6.45, 7) is 4.24. The lowest BCUT2D eigenvalue weighted by Gasteiger charge is -2.10. The molecule has 2 rings (SSSR count). The summed E-state index contributed by atoms with van der Waals surface area (Å²) in [7, 11) is 0. The molecule has 1 aromatic rings. The van der Waals surface area contributed by atoms with Gasteiger partial charge in [-0.25, -0.2) is 4.79 Å². The van der Waals surface area contributed by atoms with Gasteiger partial charge in [0.15, 0.2) is 0 Å². The lowest BCUT2D eigenvalue weighted by molar-refractivity contribution is 0.257. The summed E-state index contributed by atoms with van der Waals surface area (Å²) in [6.07, 6.45) is 1.53. The Hall–Kier alpha value is -1.77. The lowest BCUT2D eigenvalue weighted by Crippen LogP contribution is -2.05. The van der Waals surface area contributed by atoms with Gasteiger partial charge >= 0.3 is 6.03 Å². The Morgan fingerprint density at radius 2 is 1.93 bits per heavy atom. The highest BCUT2D eigenvalue weighted by Gasteiger charge is 2.14. The standard InChI is InChI=1S/C12H12N2O/c1-8(2)9-5-3-4-6-10(9)11-7-13-12(15)14-11/h3-8H,1-2H3. The van der Waals surface area contributed by atoms with Crippen LogP contribution in [-0.4, -0.2) is 18.0 Å². The number of benzene rings is 1. The van der Waals surface area contributed by atoms with E-state index in [9.17, 15) is 4.79 Å². The zero-order chi connectivity index (χ0) is 10.8. The molecule has 0 spiro atoms. The highest BCUT2D eigenvalue weighted by molar-refractivity contribution is 6.44. The van der Waals surface area contributed by atoms with Crippen molar-refractivity contribution in [1.29, 1.82) is 0 Å². The van der Waals surface area contributed by atoms with E-state index in [4.69, 9.17) is 0 Å². The number of carbonyl (C=O) groups is 1. The van der Waals surface area contributed by atoms with Gasteiger partial charge in [0.25, 0.3) is 0 Å². The Labute approximate surface area is 88.6 Å². The molecule has 2 amide bonds.